The topological polar surface area (TPSA) is 34.1 Å². The molecular formula is C15H17ClO2S. The van der Waals surface area contributed by atoms with Crippen molar-refractivity contribution in [3.05, 3.63) is 48.6 Å². The molecule has 1 rings (SSSR count). The van der Waals surface area contributed by atoms with Crippen LogP contribution in [0, 0.1) is 0 Å². The van der Waals surface area contributed by atoms with E-state index in [2.05, 4.69) is 19.7 Å². The van der Waals surface area contributed by atoms with Gasteiger partial charge in [0.05, 0.1) is 4.90 Å². The summed E-state index contributed by atoms with van der Waals surface area (Å²) in [4.78, 5) is 0.0687. The van der Waals surface area contributed by atoms with Gasteiger partial charge in [-0.25, -0.2) is 8.42 Å². The molecule has 0 amide bonds. The molecule has 0 N–H and O–H groups in total. The van der Waals surface area contributed by atoms with Crippen molar-refractivity contribution < 1.29 is 8.42 Å². The minimum Gasteiger partial charge on any atom is -0.207 e. The molecule has 0 heterocycles. The van der Waals surface area contributed by atoms with Gasteiger partial charge in [0.1, 0.15) is 0 Å². The predicted molar refractivity (Wildman–Crippen MR) is 83.6 cm³/mol. The summed E-state index contributed by atoms with van der Waals surface area (Å²) in [6.07, 6.45) is 0. The molecule has 0 bridgehead atoms. The van der Waals surface area contributed by atoms with Crippen LogP contribution < -0.4 is 0 Å². The summed E-state index contributed by atoms with van der Waals surface area (Å²) in [6, 6.07) is 3.48. The summed E-state index contributed by atoms with van der Waals surface area (Å²) < 4.78 is 23.7. The highest BCUT2D eigenvalue weighted by atomic mass is 35.7. The first-order valence-corrected chi connectivity index (χ1v) is 7.97. The Kier molecular flexibility index (Phi) is 4.43. The molecule has 0 atom stereocenters. The first-order chi connectivity index (χ1) is 8.55. The molecule has 2 nitrogen and oxygen atoms in total. The van der Waals surface area contributed by atoms with Crippen molar-refractivity contribution in [3.63, 3.8) is 0 Å². The van der Waals surface area contributed by atoms with E-state index >= 15 is 0 Å². The Labute approximate surface area is 119 Å². The molecule has 0 aliphatic heterocycles. The monoisotopic (exact) mass is 296 g/mol. The standard InChI is InChI=1S/C15H17ClO2S/c1-9(2)12-7-13(10(3)4)15(19(16,17)18)14(8-12)11(5)6/h7-8H,1,3,5H2,2,4,6H3. The third kappa shape index (κ3) is 3.37. The van der Waals surface area contributed by atoms with Crippen molar-refractivity contribution in [1.82, 2.24) is 0 Å². The maximum atomic E-state index is 11.8. The van der Waals surface area contributed by atoms with E-state index < -0.39 is 9.05 Å². The maximum absolute atomic E-state index is 11.8. The number of halogens is 1. The summed E-state index contributed by atoms with van der Waals surface area (Å²) in [5.74, 6) is 0. The third-order valence-corrected chi connectivity index (χ3v) is 4.14. The summed E-state index contributed by atoms with van der Waals surface area (Å²) in [6.45, 7) is 16.9. The molecule has 19 heavy (non-hydrogen) atoms. The molecule has 102 valence electrons. The van der Waals surface area contributed by atoms with Crippen molar-refractivity contribution in [3.8, 4) is 0 Å². The lowest BCUT2D eigenvalue weighted by Gasteiger charge is -2.15. The van der Waals surface area contributed by atoms with E-state index in [1.54, 1.807) is 26.0 Å². The fourth-order valence-corrected chi connectivity index (χ4v) is 3.26. The molecule has 0 aliphatic rings. The number of benzene rings is 1. The molecule has 0 saturated heterocycles. The highest BCUT2D eigenvalue weighted by molar-refractivity contribution is 8.13. The van der Waals surface area contributed by atoms with E-state index in [1.807, 2.05) is 6.92 Å². The SMILES string of the molecule is C=C(C)c1cc(C(=C)C)c(S(=O)(=O)Cl)c(C(=C)C)c1. The van der Waals surface area contributed by atoms with E-state index in [0.29, 0.717) is 22.3 Å². The molecule has 4 heteroatoms. The molecule has 0 unspecified atom stereocenters. The average molecular weight is 297 g/mol. The average Bonchev–Trinajstić information content (AvgIpc) is 2.25. The van der Waals surface area contributed by atoms with Crippen LogP contribution in [0.25, 0.3) is 16.7 Å². The van der Waals surface area contributed by atoms with Gasteiger partial charge in [0, 0.05) is 10.7 Å². The summed E-state index contributed by atoms with van der Waals surface area (Å²) in [5.41, 5.74) is 3.96. The third-order valence-electron chi connectivity index (χ3n) is 2.75. The van der Waals surface area contributed by atoms with E-state index in [-0.39, 0.29) is 4.90 Å². The molecule has 0 fully saturated rings. The van der Waals surface area contributed by atoms with E-state index in [0.717, 1.165) is 11.1 Å². The van der Waals surface area contributed by atoms with Gasteiger partial charge in [-0.05, 0) is 60.7 Å². The molecule has 0 aromatic heterocycles. The lowest BCUT2D eigenvalue weighted by molar-refractivity contribution is 0.609. The van der Waals surface area contributed by atoms with Gasteiger partial charge in [-0.1, -0.05) is 25.3 Å². The first-order valence-electron chi connectivity index (χ1n) is 5.66. The minimum absolute atomic E-state index is 0.0687. The van der Waals surface area contributed by atoms with Crippen LogP contribution in [0.2, 0.25) is 0 Å². The van der Waals surface area contributed by atoms with E-state index in [4.69, 9.17) is 10.7 Å². The highest BCUT2D eigenvalue weighted by Crippen LogP contribution is 2.34. The second-order valence-corrected chi connectivity index (χ2v) is 7.18. The molecule has 0 aliphatic carbocycles. The van der Waals surface area contributed by atoms with Crippen LogP contribution >= 0.6 is 10.7 Å². The zero-order valence-corrected chi connectivity index (χ0v) is 13.0. The zero-order valence-electron chi connectivity index (χ0n) is 11.4. The van der Waals surface area contributed by atoms with Crippen LogP contribution in [0.3, 0.4) is 0 Å². The number of hydrogen-bond acceptors (Lipinski definition) is 2. The Hall–Kier alpha value is -1.32. The van der Waals surface area contributed by atoms with Gasteiger partial charge in [0.2, 0.25) is 0 Å². The Bertz CT molecular complexity index is 647. The van der Waals surface area contributed by atoms with Crippen LogP contribution in [0.5, 0.6) is 0 Å². The van der Waals surface area contributed by atoms with Gasteiger partial charge < -0.3 is 0 Å². The Morgan fingerprint density at radius 3 is 1.53 bits per heavy atom. The van der Waals surface area contributed by atoms with Gasteiger partial charge in [-0.2, -0.15) is 0 Å². The normalized spacial score (nSPS) is 11.2. The van der Waals surface area contributed by atoms with E-state index in [9.17, 15) is 8.42 Å². The summed E-state index contributed by atoms with van der Waals surface area (Å²) in [5, 5.41) is 0. The van der Waals surface area contributed by atoms with Gasteiger partial charge in [-0.3, -0.25) is 0 Å². The largest absolute Gasteiger partial charge is 0.262 e. The van der Waals surface area contributed by atoms with Crippen LogP contribution in [-0.2, 0) is 9.05 Å². The number of rotatable bonds is 4. The second kappa shape index (κ2) is 5.35. The molecule has 1 aromatic rings. The molecule has 0 radical (unpaired) electrons. The fourth-order valence-electron chi connectivity index (χ4n) is 1.77. The zero-order chi connectivity index (χ0) is 15.0. The van der Waals surface area contributed by atoms with Crippen LogP contribution in [0.4, 0.5) is 0 Å². The minimum atomic E-state index is -3.88. The Balaban J connectivity index is 3.93. The quantitative estimate of drug-likeness (QED) is 0.754. The fraction of sp³-hybridized carbons (Fsp3) is 0.200. The lowest BCUT2D eigenvalue weighted by atomic mass is 9.95. The highest BCUT2D eigenvalue weighted by Gasteiger charge is 2.22. The van der Waals surface area contributed by atoms with Crippen molar-refractivity contribution in [2.24, 2.45) is 0 Å². The van der Waals surface area contributed by atoms with Gasteiger partial charge >= 0.3 is 0 Å². The molecular weight excluding hydrogens is 280 g/mol. The van der Waals surface area contributed by atoms with Crippen LogP contribution in [-0.4, -0.2) is 8.42 Å². The van der Waals surface area contributed by atoms with Crippen LogP contribution in [0.1, 0.15) is 37.5 Å². The van der Waals surface area contributed by atoms with Crippen molar-refractivity contribution in [2.75, 3.05) is 0 Å². The summed E-state index contributed by atoms with van der Waals surface area (Å²) >= 11 is 0. The van der Waals surface area contributed by atoms with Gasteiger partial charge in [0.15, 0.2) is 0 Å². The Morgan fingerprint density at radius 2 is 1.32 bits per heavy atom. The van der Waals surface area contributed by atoms with Gasteiger partial charge in [0.25, 0.3) is 9.05 Å². The summed E-state index contributed by atoms with van der Waals surface area (Å²) in [7, 11) is 1.68. The predicted octanol–water partition coefficient (Wildman–Crippen LogP) is 4.71. The van der Waals surface area contributed by atoms with Crippen LogP contribution in [0.15, 0.2) is 36.8 Å². The first kappa shape index (κ1) is 15.7. The smallest absolute Gasteiger partial charge is 0.207 e. The molecule has 1 aromatic carbocycles. The number of allylic oxidation sites excluding steroid dienone is 3. The van der Waals surface area contributed by atoms with Gasteiger partial charge in [-0.15, -0.1) is 0 Å². The van der Waals surface area contributed by atoms with Crippen molar-refractivity contribution >= 4 is 36.5 Å². The molecule has 0 saturated carbocycles. The Morgan fingerprint density at radius 1 is 0.947 bits per heavy atom. The number of hydrogen-bond donors (Lipinski definition) is 0. The molecule has 0 spiro atoms. The van der Waals surface area contributed by atoms with E-state index in [1.165, 1.54) is 0 Å². The lowest BCUT2D eigenvalue weighted by Crippen LogP contribution is -2.03. The van der Waals surface area contributed by atoms with Crippen molar-refractivity contribution in [2.45, 2.75) is 25.7 Å². The second-order valence-electron chi connectivity index (χ2n) is 4.68. The maximum Gasteiger partial charge on any atom is 0.262 e. The van der Waals surface area contributed by atoms with Crippen molar-refractivity contribution in [1.29, 1.82) is 0 Å².